The van der Waals surface area contributed by atoms with E-state index in [9.17, 15) is 13.5 Å². The van der Waals surface area contributed by atoms with Gasteiger partial charge in [-0.1, -0.05) is 0 Å². The fraction of sp³-hybridized carbons (Fsp3) is 1.00. The molecule has 0 saturated heterocycles. The van der Waals surface area contributed by atoms with Crippen LogP contribution in [0, 0.1) is 0 Å². The van der Waals surface area contributed by atoms with E-state index in [4.69, 9.17) is 4.55 Å². The van der Waals surface area contributed by atoms with Crippen molar-refractivity contribution in [2.24, 2.45) is 0 Å². The SMILES string of the molecule is O=S(=O)(O)CC(O)C[AsH]C1CCCCC1. The first-order valence-electron chi connectivity index (χ1n) is 5.34. The van der Waals surface area contributed by atoms with E-state index in [2.05, 4.69) is 0 Å². The van der Waals surface area contributed by atoms with E-state index in [1.54, 1.807) is 0 Å². The molecule has 0 bridgehead atoms. The van der Waals surface area contributed by atoms with Crippen LogP contribution >= 0.6 is 0 Å². The fourth-order valence-corrected chi connectivity index (χ4v) is 6.24. The summed E-state index contributed by atoms with van der Waals surface area (Å²) in [6.07, 6.45) is 5.51. The molecular formula is C9H19AsO4S. The van der Waals surface area contributed by atoms with Gasteiger partial charge in [0.05, 0.1) is 0 Å². The van der Waals surface area contributed by atoms with Crippen molar-refractivity contribution in [3.63, 3.8) is 0 Å². The second kappa shape index (κ2) is 6.23. The monoisotopic (exact) mass is 298 g/mol. The maximum absolute atomic E-state index is 10.5. The molecule has 0 spiro atoms. The van der Waals surface area contributed by atoms with Crippen LogP contribution in [-0.2, 0) is 10.1 Å². The Balaban J connectivity index is 2.18. The summed E-state index contributed by atoms with van der Waals surface area (Å²) in [6.45, 7) is 0. The third-order valence-corrected chi connectivity index (χ3v) is 7.36. The first-order valence-corrected chi connectivity index (χ1v) is 9.64. The van der Waals surface area contributed by atoms with Crippen LogP contribution in [0.1, 0.15) is 32.1 Å². The molecule has 0 aromatic carbocycles. The van der Waals surface area contributed by atoms with Gasteiger partial charge in [0.25, 0.3) is 0 Å². The minimum absolute atomic E-state index is 0.252. The Morgan fingerprint density at radius 1 is 1.27 bits per heavy atom. The zero-order valence-corrected chi connectivity index (χ0v) is 11.6. The summed E-state index contributed by atoms with van der Waals surface area (Å²) in [5, 5.41) is 10.0. The molecule has 0 amide bonds. The van der Waals surface area contributed by atoms with Gasteiger partial charge in [0.1, 0.15) is 0 Å². The van der Waals surface area contributed by atoms with Gasteiger partial charge >= 0.3 is 97.8 Å². The van der Waals surface area contributed by atoms with E-state index in [1.165, 1.54) is 32.1 Å². The van der Waals surface area contributed by atoms with Crippen molar-refractivity contribution in [2.45, 2.75) is 48.1 Å². The molecule has 0 radical (unpaired) electrons. The van der Waals surface area contributed by atoms with E-state index >= 15 is 0 Å². The third-order valence-electron chi connectivity index (χ3n) is 2.65. The van der Waals surface area contributed by atoms with Gasteiger partial charge in [-0.05, 0) is 0 Å². The molecule has 1 aliphatic carbocycles. The Labute approximate surface area is 97.9 Å². The van der Waals surface area contributed by atoms with Gasteiger partial charge < -0.3 is 0 Å². The van der Waals surface area contributed by atoms with E-state index in [0.29, 0.717) is 5.21 Å². The first-order chi connectivity index (χ1) is 6.97. The summed E-state index contributed by atoms with van der Waals surface area (Å²) in [6, 6.07) is 0. The van der Waals surface area contributed by atoms with Gasteiger partial charge in [-0.15, -0.1) is 0 Å². The fourth-order valence-electron chi connectivity index (χ4n) is 1.91. The Hall–Kier alpha value is 0.428. The number of hydrogen-bond donors (Lipinski definition) is 2. The average Bonchev–Trinajstić information content (AvgIpc) is 2.14. The molecule has 1 saturated carbocycles. The van der Waals surface area contributed by atoms with Crippen molar-refractivity contribution in [1.29, 1.82) is 0 Å². The molecule has 0 heterocycles. The topological polar surface area (TPSA) is 74.6 Å². The summed E-state index contributed by atoms with van der Waals surface area (Å²) in [7, 11) is -4.01. The molecule has 0 aromatic heterocycles. The van der Waals surface area contributed by atoms with Crippen LogP contribution in [0.5, 0.6) is 0 Å². The average molecular weight is 298 g/mol. The van der Waals surface area contributed by atoms with Crippen molar-refractivity contribution in [3.8, 4) is 0 Å². The summed E-state index contributed by atoms with van der Waals surface area (Å²) in [5.74, 6) is -0.497. The van der Waals surface area contributed by atoms with Crippen LogP contribution in [-0.4, -0.2) is 45.7 Å². The van der Waals surface area contributed by atoms with Gasteiger partial charge in [-0.2, -0.15) is 0 Å². The standard InChI is InChI=1S/C9H19AsO4S/c11-9(7-15(12,13)14)6-10-8-4-2-1-3-5-8/h8-11H,1-7H2,(H,12,13,14). The molecule has 2 unspecified atom stereocenters. The maximum atomic E-state index is 10.5. The molecule has 15 heavy (non-hydrogen) atoms. The van der Waals surface area contributed by atoms with E-state index in [1.807, 2.05) is 0 Å². The van der Waals surface area contributed by atoms with E-state index in [0.717, 1.165) is 4.71 Å². The predicted octanol–water partition coefficient (Wildman–Crippen LogP) is 0.842. The molecule has 1 aliphatic rings. The zero-order chi connectivity index (χ0) is 11.3. The number of aliphatic hydroxyl groups excluding tert-OH is 1. The van der Waals surface area contributed by atoms with Crippen molar-refractivity contribution < 1.29 is 18.1 Å². The van der Waals surface area contributed by atoms with E-state index in [-0.39, 0.29) is 15.8 Å². The van der Waals surface area contributed by atoms with Crippen LogP contribution < -0.4 is 0 Å². The number of hydrogen-bond acceptors (Lipinski definition) is 3. The quantitative estimate of drug-likeness (QED) is 0.583. The van der Waals surface area contributed by atoms with Crippen LogP contribution in [0.15, 0.2) is 0 Å². The number of rotatable bonds is 5. The summed E-state index contributed by atoms with van der Waals surface area (Å²) < 4.78 is 30.3. The van der Waals surface area contributed by atoms with Gasteiger partial charge in [-0.25, -0.2) is 0 Å². The van der Waals surface area contributed by atoms with Gasteiger partial charge in [-0.3, -0.25) is 0 Å². The molecule has 2 N–H and O–H groups in total. The number of aliphatic hydroxyl groups is 1. The Bertz CT molecular complexity index is 272. The van der Waals surface area contributed by atoms with Crippen LogP contribution in [0.2, 0.25) is 9.91 Å². The molecule has 4 nitrogen and oxygen atoms in total. The van der Waals surface area contributed by atoms with Crippen LogP contribution in [0.4, 0.5) is 0 Å². The molecule has 0 aliphatic heterocycles. The van der Waals surface area contributed by atoms with Crippen molar-refractivity contribution >= 4 is 25.9 Å². The molecule has 1 fully saturated rings. The van der Waals surface area contributed by atoms with Gasteiger partial charge in [0, 0.05) is 0 Å². The van der Waals surface area contributed by atoms with Crippen molar-refractivity contribution in [3.05, 3.63) is 0 Å². The Kier molecular flexibility index (Phi) is 5.61. The normalized spacial score (nSPS) is 22.3. The van der Waals surface area contributed by atoms with Crippen molar-refractivity contribution in [2.75, 3.05) is 5.75 Å². The van der Waals surface area contributed by atoms with Crippen LogP contribution in [0.25, 0.3) is 0 Å². The van der Waals surface area contributed by atoms with Gasteiger partial charge in [0.2, 0.25) is 0 Å². The molecule has 1 rings (SSSR count). The van der Waals surface area contributed by atoms with Crippen molar-refractivity contribution in [1.82, 2.24) is 0 Å². The summed E-state index contributed by atoms with van der Waals surface area (Å²) in [5.41, 5.74) is 0. The summed E-state index contributed by atoms with van der Waals surface area (Å²) >= 11 is -0.252. The minimum atomic E-state index is -4.01. The second-order valence-corrected chi connectivity index (χ2v) is 9.07. The molecule has 2 atom stereocenters. The van der Waals surface area contributed by atoms with E-state index < -0.39 is 22.0 Å². The first kappa shape index (κ1) is 13.5. The Morgan fingerprint density at radius 3 is 2.40 bits per heavy atom. The predicted molar refractivity (Wildman–Crippen MR) is 61.2 cm³/mol. The molecule has 6 heteroatoms. The molecule has 90 valence electrons. The summed E-state index contributed by atoms with van der Waals surface area (Å²) in [4.78, 5) is 0. The Morgan fingerprint density at radius 2 is 1.87 bits per heavy atom. The van der Waals surface area contributed by atoms with Crippen LogP contribution in [0.3, 0.4) is 0 Å². The molecular weight excluding hydrogens is 279 g/mol. The zero-order valence-electron chi connectivity index (χ0n) is 8.72. The van der Waals surface area contributed by atoms with Gasteiger partial charge in [0.15, 0.2) is 0 Å². The third kappa shape index (κ3) is 6.56. The molecule has 0 aromatic rings. The second-order valence-electron chi connectivity index (χ2n) is 4.15.